The lowest BCUT2D eigenvalue weighted by Gasteiger charge is -2.37. The summed E-state index contributed by atoms with van der Waals surface area (Å²) in [6.07, 6.45) is 1.41. The van der Waals surface area contributed by atoms with Gasteiger partial charge >= 0.3 is 0 Å². The fourth-order valence-corrected chi connectivity index (χ4v) is 3.24. The zero-order valence-electron chi connectivity index (χ0n) is 8.89. The highest BCUT2D eigenvalue weighted by Gasteiger charge is 2.43. The number of rotatable bonds is 2. The van der Waals surface area contributed by atoms with E-state index in [0.717, 1.165) is 0 Å². The molecule has 0 radical (unpaired) electrons. The summed E-state index contributed by atoms with van der Waals surface area (Å²) in [6, 6.07) is 1.67. The molecule has 2 aliphatic heterocycles. The topological polar surface area (TPSA) is 79.6 Å². The van der Waals surface area contributed by atoms with Crippen LogP contribution in [0.4, 0.5) is 0 Å². The van der Waals surface area contributed by atoms with Gasteiger partial charge in [-0.15, -0.1) is 0 Å². The first kappa shape index (κ1) is 11.8. The van der Waals surface area contributed by atoms with Crippen LogP contribution in [0, 0.1) is 11.3 Å². The van der Waals surface area contributed by atoms with Gasteiger partial charge in [0, 0.05) is 13.0 Å². The second kappa shape index (κ2) is 4.30. The van der Waals surface area contributed by atoms with E-state index in [-0.39, 0.29) is 6.54 Å². The maximum Gasteiger partial charge on any atom is 0.227 e. The van der Waals surface area contributed by atoms with Gasteiger partial charge in [0.15, 0.2) is 11.5 Å². The monoisotopic (exact) mass is 246 g/mol. The lowest BCUT2D eigenvalue weighted by Crippen LogP contribution is -2.51. The van der Waals surface area contributed by atoms with E-state index in [9.17, 15) is 8.42 Å². The summed E-state index contributed by atoms with van der Waals surface area (Å²) >= 11 is 0. The Morgan fingerprint density at radius 3 is 2.69 bits per heavy atom. The van der Waals surface area contributed by atoms with E-state index in [0.29, 0.717) is 32.6 Å². The molecule has 1 spiro atoms. The van der Waals surface area contributed by atoms with E-state index in [2.05, 4.69) is 0 Å². The van der Waals surface area contributed by atoms with E-state index in [1.807, 2.05) is 0 Å². The summed E-state index contributed by atoms with van der Waals surface area (Å²) in [4.78, 5) is 0. The Bertz CT molecular complexity index is 394. The van der Waals surface area contributed by atoms with Crippen LogP contribution in [0.15, 0.2) is 0 Å². The standard InChI is InChI=1S/C9H14N2O4S/c10-3-7-16(12,13)11-4-1-2-9(8-11)14-5-6-15-9/h1-2,4-8H2. The highest BCUT2D eigenvalue weighted by molar-refractivity contribution is 7.89. The van der Waals surface area contributed by atoms with Crippen molar-refractivity contribution in [1.29, 1.82) is 5.26 Å². The first-order valence-electron chi connectivity index (χ1n) is 5.21. The van der Waals surface area contributed by atoms with Crippen molar-refractivity contribution in [3.8, 4) is 6.07 Å². The molecule has 0 aromatic rings. The molecule has 0 atom stereocenters. The predicted molar refractivity (Wildman–Crippen MR) is 54.8 cm³/mol. The molecule has 0 aromatic carbocycles. The van der Waals surface area contributed by atoms with Gasteiger partial charge in [-0.05, 0) is 6.42 Å². The van der Waals surface area contributed by atoms with Gasteiger partial charge in [-0.25, -0.2) is 8.42 Å². The first-order valence-corrected chi connectivity index (χ1v) is 6.82. The molecule has 0 N–H and O–H groups in total. The van der Waals surface area contributed by atoms with Crippen molar-refractivity contribution in [2.24, 2.45) is 0 Å². The van der Waals surface area contributed by atoms with Crippen LogP contribution in [0.1, 0.15) is 12.8 Å². The van der Waals surface area contributed by atoms with Crippen molar-refractivity contribution in [1.82, 2.24) is 4.31 Å². The molecule has 2 rings (SSSR count). The average molecular weight is 246 g/mol. The summed E-state index contributed by atoms with van der Waals surface area (Å²) in [6.45, 7) is 1.66. The summed E-state index contributed by atoms with van der Waals surface area (Å²) < 4.78 is 35.7. The summed E-state index contributed by atoms with van der Waals surface area (Å²) in [5.41, 5.74) is 0. The number of nitrogens with zero attached hydrogens (tertiary/aromatic N) is 2. The van der Waals surface area contributed by atoms with Crippen LogP contribution in [0.2, 0.25) is 0 Å². The van der Waals surface area contributed by atoms with E-state index >= 15 is 0 Å². The fraction of sp³-hybridized carbons (Fsp3) is 0.889. The third kappa shape index (κ3) is 2.20. The Morgan fingerprint density at radius 1 is 1.38 bits per heavy atom. The van der Waals surface area contributed by atoms with E-state index in [1.165, 1.54) is 4.31 Å². The van der Waals surface area contributed by atoms with Crippen molar-refractivity contribution < 1.29 is 17.9 Å². The Kier molecular flexibility index (Phi) is 3.17. The minimum absolute atomic E-state index is 0.205. The first-order chi connectivity index (χ1) is 7.58. The van der Waals surface area contributed by atoms with Gasteiger partial charge in [0.2, 0.25) is 10.0 Å². The lowest BCUT2D eigenvalue weighted by atomic mass is 10.1. The molecule has 2 aliphatic rings. The molecule has 2 saturated heterocycles. The third-order valence-electron chi connectivity index (χ3n) is 2.84. The van der Waals surface area contributed by atoms with Gasteiger partial charge in [-0.2, -0.15) is 9.57 Å². The molecular weight excluding hydrogens is 232 g/mol. The van der Waals surface area contributed by atoms with Gasteiger partial charge < -0.3 is 9.47 Å². The number of hydrogen-bond acceptors (Lipinski definition) is 5. The van der Waals surface area contributed by atoms with Crippen LogP contribution in [0.25, 0.3) is 0 Å². The predicted octanol–water partition coefficient (Wildman–Crippen LogP) is -0.321. The van der Waals surface area contributed by atoms with Gasteiger partial charge in [0.05, 0.1) is 25.8 Å². The van der Waals surface area contributed by atoms with Crippen LogP contribution < -0.4 is 0 Å². The van der Waals surface area contributed by atoms with Crippen molar-refractivity contribution >= 4 is 10.0 Å². The van der Waals surface area contributed by atoms with Crippen LogP contribution in [0.5, 0.6) is 0 Å². The van der Waals surface area contributed by atoms with Gasteiger partial charge in [-0.3, -0.25) is 0 Å². The molecule has 0 bridgehead atoms. The molecular formula is C9H14N2O4S. The molecule has 0 unspecified atom stereocenters. The molecule has 2 heterocycles. The minimum atomic E-state index is -3.48. The van der Waals surface area contributed by atoms with Gasteiger partial charge in [0.1, 0.15) is 0 Å². The van der Waals surface area contributed by atoms with Crippen molar-refractivity contribution in [3.63, 3.8) is 0 Å². The Morgan fingerprint density at radius 2 is 2.06 bits per heavy atom. The second-order valence-corrected chi connectivity index (χ2v) is 5.93. The quantitative estimate of drug-likeness (QED) is 0.667. The molecule has 16 heavy (non-hydrogen) atoms. The van der Waals surface area contributed by atoms with Crippen molar-refractivity contribution in [2.45, 2.75) is 18.6 Å². The van der Waals surface area contributed by atoms with Crippen LogP contribution in [0.3, 0.4) is 0 Å². The number of ether oxygens (including phenoxy) is 2. The number of hydrogen-bond donors (Lipinski definition) is 0. The zero-order valence-corrected chi connectivity index (χ0v) is 9.70. The van der Waals surface area contributed by atoms with Gasteiger partial charge in [-0.1, -0.05) is 0 Å². The summed E-state index contributed by atoms with van der Waals surface area (Å²) in [7, 11) is -3.48. The Balaban J connectivity index is 2.10. The maximum absolute atomic E-state index is 11.7. The Hall–Kier alpha value is -0.680. The average Bonchev–Trinajstić information content (AvgIpc) is 2.66. The van der Waals surface area contributed by atoms with Crippen LogP contribution in [-0.2, 0) is 19.5 Å². The maximum atomic E-state index is 11.7. The van der Waals surface area contributed by atoms with E-state index in [4.69, 9.17) is 14.7 Å². The van der Waals surface area contributed by atoms with Gasteiger partial charge in [0.25, 0.3) is 0 Å². The molecule has 90 valence electrons. The minimum Gasteiger partial charge on any atom is -0.346 e. The zero-order chi connectivity index (χ0) is 11.6. The lowest BCUT2D eigenvalue weighted by molar-refractivity contribution is -0.179. The smallest absolute Gasteiger partial charge is 0.227 e. The number of nitriles is 1. The molecule has 6 nitrogen and oxygen atoms in total. The highest BCUT2D eigenvalue weighted by Crippen LogP contribution is 2.31. The number of piperidine rings is 1. The molecule has 7 heteroatoms. The van der Waals surface area contributed by atoms with E-state index < -0.39 is 21.6 Å². The van der Waals surface area contributed by atoms with Crippen molar-refractivity contribution in [2.75, 3.05) is 32.1 Å². The molecule has 0 saturated carbocycles. The normalized spacial score (nSPS) is 25.7. The molecule has 2 fully saturated rings. The second-order valence-electron chi connectivity index (χ2n) is 3.96. The molecule has 0 aliphatic carbocycles. The largest absolute Gasteiger partial charge is 0.346 e. The summed E-state index contributed by atoms with van der Waals surface area (Å²) in [5.74, 6) is -1.25. The number of sulfonamides is 1. The summed E-state index contributed by atoms with van der Waals surface area (Å²) in [5, 5.41) is 8.47. The highest BCUT2D eigenvalue weighted by atomic mass is 32.2. The van der Waals surface area contributed by atoms with Crippen LogP contribution in [-0.4, -0.2) is 50.6 Å². The molecule has 0 amide bonds. The molecule has 0 aromatic heterocycles. The Labute approximate surface area is 94.8 Å². The SMILES string of the molecule is N#CCS(=O)(=O)N1CCCC2(C1)OCCO2. The van der Waals surface area contributed by atoms with E-state index in [1.54, 1.807) is 6.07 Å². The third-order valence-corrected chi connectivity index (χ3v) is 4.43. The van der Waals surface area contributed by atoms with Crippen LogP contribution >= 0.6 is 0 Å². The fourth-order valence-electron chi connectivity index (χ4n) is 2.09. The van der Waals surface area contributed by atoms with Crippen molar-refractivity contribution in [3.05, 3.63) is 0 Å².